The van der Waals surface area contributed by atoms with E-state index in [0.29, 0.717) is 12.8 Å². The maximum atomic E-state index is 11.8. The first-order valence-corrected chi connectivity index (χ1v) is 6.77. The van der Waals surface area contributed by atoms with Gasteiger partial charge in [-0.3, -0.25) is 4.79 Å². The largest absolute Gasteiger partial charge is 0.509 e. The van der Waals surface area contributed by atoms with Crippen LogP contribution in [0.4, 0.5) is 4.79 Å². The van der Waals surface area contributed by atoms with E-state index >= 15 is 0 Å². The minimum absolute atomic E-state index is 0.0647. The number of rotatable bonds is 5. The van der Waals surface area contributed by atoms with Gasteiger partial charge in [-0.05, 0) is 34.1 Å². The Hall–Kier alpha value is -1.59. The zero-order valence-corrected chi connectivity index (χ0v) is 12.7. The van der Waals surface area contributed by atoms with Crippen molar-refractivity contribution in [2.75, 3.05) is 7.05 Å². The monoisotopic (exact) mass is 285 g/mol. The number of hydrogen-bond donors (Lipinski definition) is 0. The van der Waals surface area contributed by atoms with Crippen molar-refractivity contribution < 1.29 is 23.9 Å². The molecule has 0 N–H and O–H groups in total. The summed E-state index contributed by atoms with van der Waals surface area (Å²) in [7, 11) is 1.69. The molecule has 1 fully saturated rings. The first-order valence-electron chi connectivity index (χ1n) is 6.77. The first-order chi connectivity index (χ1) is 9.17. The third-order valence-corrected chi connectivity index (χ3v) is 3.30. The van der Waals surface area contributed by atoms with Gasteiger partial charge in [0.1, 0.15) is 18.0 Å². The van der Waals surface area contributed by atoms with Gasteiger partial charge in [0, 0.05) is 19.5 Å². The molecule has 1 amide bonds. The number of hydrogen-bond acceptors (Lipinski definition) is 5. The Morgan fingerprint density at radius 1 is 1.45 bits per heavy atom. The molecule has 0 aromatic rings. The van der Waals surface area contributed by atoms with Gasteiger partial charge >= 0.3 is 6.16 Å². The second kappa shape index (κ2) is 6.24. The molecule has 0 radical (unpaired) electrons. The molecule has 0 unspecified atom stereocenters. The van der Waals surface area contributed by atoms with Crippen LogP contribution in [0.25, 0.3) is 0 Å². The molecule has 0 aliphatic carbocycles. The summed E-state index contributed by atoms with van der Waals surface area (Å²) in [5, 5.41) is 0. The van der Waals surface area contributed by atoms with Crippen LogP contribution in [0.1, 0.15) is 40.5 Å². The molecule has 3 atom stereocenters. The van der Waals surface area contributed by atoms with Crippen LogP contribution in [0.3, 0.4) is 0 Å². The topological polar surface area (TPSA) is 72.9 Å². The zero-order chi connectivity index (χ0) is 15.5. The van der Waals surface area contributed by atoms with E-state index < -0.39 is 23.8 Å². The van der Waals surface area contributed by atoms with Crippen LogP contribution < -0.4 is 0 Å². The van der Waals surface area contributed by atoms with Gasteiger partial charge < -0.3 is 19.2 Å². The molecule has 6 heteroatoms. The number of β-lactam (4-membered cyclic amide) rings is 1. The fourth-order valence-corrected chi connectivity index (χ4v) is 2.35. The lowest BCUT2D eigenvalue weighted by Crippen LogP contribution is -2.62. The molecular formula is C14H23NO5. The smallest absolute Gasteiger partial charge is 0.430 e. The molecule has 1 heterocycles. The Bertz CT molecular complexity index is 388. The highest BCUT2D eigenvalue weighted by Gasteiger charge is 2.49. The van der Waals surface area contributed by atoms with Crippen molar-refractivity contribution in [3.8, 4) is 0 Å². The first kappa shape index (κ1) is 16.5. The lowest BCUT2D eigenvalue weighted by atomic mass is 9.81. The van der Waals surface area contributed by atoms with E-state index in [1.807, 2.05) is 0 Å². The van der Waals surface area contributed by atoms with E-state index in [2.05, 4.69) is 0 Å². The van der Waals surface area contributed by atoms with Crippen LogP contribution in [-0.4, -0.2) is 48.0 Å². The summed E-state index contributed by atoms with van der Waals surface area (Å²) >= 11 is 0. The van der Waals surface area contributed by atoms with Gasteiger partial charge in [0.15, 0.2) is 0 Å². The van der Waals surface area contributed by atoms with Crippen molar-refractivity contribution in [2.24, 2.45) is 5.92 Å². The summed E-state index contributed by atoms with van der Waals surface area (Å²) in [4.78, 5) is 35.5. The Morgan fingerprint density at radius 3 is 2.55 bits per heavy atom. The van der Waals surface area contributed by atoms with Crippen molar-refractivity contribution in [1.82, 2.24) is 4.90 Å². The molecule has 0 bridgehead atoms. The minimum atomic E-state index is -0.776. The van der Waals surface area contributed by atoms with Crippen molar-refractivity contribution in [1.29, 1.82) is 0 Å². The maximum Gasteiger partial charge on any atom is 0.509 e. The summed E-state index contributed by atoms with van der Waals surface area (Å²) < 4.78 is 10.2. The highest BCUT2D eigenvalue weighted by molar-refractivity contribution is 5.86. The molecule has 6 nitrogen and oxygen atoms in total. The lowest BCUT2D eigenvalue weighted by Gasteiger charge is -2.47. The molecule has 20 heavy (non-hydrogen) atoms. The van der Waals surface area contributed by atoms with Gasteiger partial charge in [-0.2, -0.15) is 0 Å². The molecule has 1 saturated heterocycles. The molecular weight excluding hydrogens is 262 g/mol. The average Bonchev–Trinajstić information content (AvgIpc) is 2.30. The number of carbonyl (C=O) groups excluding carboxylic acids is 3. The fourth-order valence-electron chi connectivity index (χ4n) is 2.35. The number of ether oxygens (including phenoxy) is 2. The summed E-state index contributed by atoms with van der Waals surface area (Å²) in [6.07, 6.45) is 0.454. The van der Waals surface area contributed by atoms with Crippen molar-refractivity contribution in [3.05, 3.63) is 0 Å². The number of nitrogens with zero attached hydrogens (tertiary/aromatic N) is 1. The average molecular weight is 285 g/mol. The van der Waals surface area contributed by atoms with E-state index in [9.17, 15) is 14.4 Å². The van der Waals surface area contributed by atoms with E-state index in [1.165, 1.54) is 0 Å². The van der Waals surface area contributed by atoms with Crippen LogP contribution in [0, 0.1) is 5.92 Å². The van der Waals surface area contributed by atoms with Crippen molar-refractivity contribution in [2.45, 2.75) is 58.3 Å². The predicted molar refractivity (Wildman–Crippen MR) is 72.1 cm³/mol. The van der Waals surface area contributed by atoms with Crippen molar-refractivity contribution in [3.63, 3.8) is 0 Å². The van der Waals surface area contributed by atoms with E-state index in [-0.39, 0.29) is 11.9 Å². The van der Waals surface area contributed by atoms with Gasteiger partial charge in [0.05, 0.1) is 5.92 Å². The van der Waals surface area contributed by atoms with E-state index in [1.54, 1.807) is 39.6 Å². The summed E-state index contributed by atoms with van der Waals surface area (Å²) in [5.41, 5.74) is -0.631. The maximum absolute atomic E-state index is 11.8. The summed E-state index contributed by atoms with van der Waals surface area (Å²) in [6.45, 7) is 6.91. The fraction of sp³-hybridized carbons (Fsp3) is 0.786. The zero-order valence-electron chi connectivity index (χ0n) is 12.7. The molecule has 0 aromatic heterocycles. The SMILES string of the molecule is C[C@@H](OC(=O)OC(C)(C)C)[C@H]1C(=O)N(C)[C@@H]1CCC=O. The van der Waals surface area contributed by atoms with Gasteiger partial charge in [-0.1, -0.05) is 0 Å². The Kier molecular flexibility index (Phi) is 5.14. The van der Waals surface area contributed by atoms with Gasteiger partial charge in [-0.15, -0.1) is 0 Å². The molecule has 0 spiro atoms. The molecule has 1 aliphatic heterocycles. The van der Waals surface area contributed by atoms with Crippen LogP contribution >= 0.6 is 0 Å². The third-order valence-electron chi connectivity index (χ3n) is 3.30. The van der Waals surface area contributed by atoms with Crippen LogP contribution in [0.2, 0.25) is 0 Å². The van der Waals surface area contributed by atoms with Crippen LogP contribution in [0.15, 0.2) is 0 Å². The highest BCUT2D eigenvalue weighted by Crippen LogP contribution is 2.32. The normalized spacial score (nSPS) is 23.9. The minimum Gasteiger partial charge on any atom is -0.430 e. The Labute approximate surface area is 119 Å². The van der Waals surface area contributed by atoms with Crippen LogP contribution in [0.5, 0.6) is 0 Å². The molecule has 0 aromatic carbocycles. The van der Waals surface area contributed by atoms with Crippen LogP contribution in [-0.2, 0) is 19.1 Å². The Morgan fingerprint density at radius 2 is 2.05 bits per heavy atom. The molecule has 1 rings (SSSR count). The Balaban J connectivity index is 2.57. The molecule has 0 saturated carbocycles. The quantitative estimate of drug-likeness (QED) is 0.437. The summed E-state index contributed by atoms with van der Waals surface area (Å²) in [6, 6.07) is -0.0647. The highest BCUT2D eigenvalue weighted by atomic mass is 16.7. The van der Waals surface area contributed by atoms with Crippen molar-refractivity contribution >= 4 is 18.3 Å². The number of carbonyl (C=O) groups is 3. The number of aldehydes is 1. The number of likely N-dealkylation sites (tertiary alicyclic amines) is 1. The second-order valence-electron chi connectivity index (χ2n) is 6.07. The predicted octanol–water partition coefficient (Wildman–Crippen LogP) is 1.76. The van der Waals surface area contributed by atoms with E-state index in [4.69, 9.17) is 9.47 Å². The second-order valence-corrected chi connectivity index (χ2v) is 6.07. The lowest BCUT2D eigenvalue weighted by molar-refractivity contribution is -0.163. The van der Waals surface area contributed by atoms with E-state index in [0.717, 1.165) is 6.29 Å². The van der Waals surface area contributed by atoms with Gasteiger partial charge in [0.2, 0.25) is 5.91 Å². The van der Waals surface area contributed by atoms with Gasteiger partial charge in [-0.25, -0.2) is 4.79 Å². The standard InChI is InChI=1S/C14H23NO5/c1-9(19-13(18)20-14(2,3)4)11-10(7-6-8-16)15(5)12(11)17/h8-11H,6-7H2,1-5H3/t9-,10-,11-/m1/s1. The third kappa shape index (κ3) is 3.95. The molecule has 114 valence electrons. The summed E-state index contributed by atoms with van der Waals surface area (Å²) in [5.74, 6) is -0.468. The number of amides is 1. The molecule has 1 aliphatic rings. The van der Waals surface area contributed by atoms with Gasteiger partial charge in [0.25, 0.3) is 0 Å².